The highest BCUT2D eigenvalue weighted by molar-refractivity contribution is 5.92. The van der Waals surface area contributed by atoms with Gasteiger partial charge in [0.2, 0.25) is 0 Å². The van der Waals surface area contributed by atoms with Crippen LogP contribution in [-0.4, -0.2) is 32.0 Å². The number of allylic oxidation sites excluding steroid dienone is 1. The fourth-order valence-electron chi connectivity index (χ4n) is 2.92. The normalized spacial score (nSPS) is 15.0. The summed E-state index contributed by atoms with van der Waals surface area (Å²) in [4.78, 5) is 20.8. The molecule has 0 unspecified atom stereocenters. The summed E-state index contributed by atoms with van der Waals surface area (Å²) in [6, 6.07) is 1.81. The molecule has 0 fully saturated rings. The molecular formula is C17H23N5O. The molecule has 0 aliphatic heterocycles. The lowest BCUT2D eigenvalue weighted by atomic mass is 9.97. The fraction of sp³-hybridized carbons (Fsp3) is 0.529. The molecule has 23 heavy (non-hydrogen) atoms. The van der Waals surface area contributed by atoms with Gasteiger partial charge in [-0.25, -0.2) is 9.50 Å². The van der Waals surface area contributed by atoms with Crippen LogP contribution in [0.1, 0.15) is 68.1 Å². The van der Waals surface area contributed by atoms with Crippen molar-refractivity contribution in [2.45, 2.75) is 51.9 Å². The molecule has 6 heteroatoms. The molecule has 0 atom stereocenters. The van der Waals surface area contributed by atoms with Crippen molar-refractivity contribution in [2.24, 2.45) is 0 Å². The molecule has 1 aliphatic carbocycles. The van der Waals surface area contributed by atoms with Gasteiger partial charge in [-0.1, -0.05) is 25.5 Å². The lowest BCUT2D eigenvalue weighted by Gasteiger charge is -2.13. The zero-order valence-electron chi connectivity index (χ0n) is 13.7. The second-order valence-electron chi connectivity index (χ2n) is 6.31. The molecular weight excluding hydrogens is 290 g/mol. The Balaban J connectivity index is 1.69. The number of carbonyl (C=O) groups excluding carboxylic acids is 1. The van der Waals surface area contributed by atoms with Gasteiger partial charge >= 0.3 is 0 Å². The molecule has 1 N–H and O–H groups in total. The van der Waals surface area contributed by atoms with Crippen molar-refractivity contribution in [3.63, 3.8) is 0 Å². The standard InChI is InChI=1S/C17H23N5O/c1-12(2)15-10-14(21-17-19-11-20-22(15)17)16(23)18-9-8-13-6-4-3-5-7-13/h6,10-12H,3-5,7-9H2,1-2H3,(H,18,23). The van der Waals surface area contributed by atoms with Crippen LogP contribution in [0.2, 0.25) is 0 Å². The summed E-state index contributed by atoms with van der Waals surface area (Å²) in [5.41, 5.74) is 2.81. The third-order valence-electron chi connectivity index (χ3n) is 4.22. The molecule has 2 aromatic rings. The molecule has 0 saturated carbocycles. The monoisotopic (exact) mass is 313 g/mol. The van der Waals surface area contributed by atoms with Gasteiger partial charge < -0.3 is 5.32 Å². The Morgan fingerprint density at radius 1 is 1.39 bits per heavy atom. The first-order valence-corrected chi connectivity index (χ1v) is 8.32. The van der Waals surface area contributed by atoms with Gasteiger partial charge in [0, 0.05) is 6.54 Å². The van der Waals surface area contributed by atoms with Crippen molar-refractivity contribution < 1.29 is 4.79 Å². The van der Waals surface area contributed by atoms with Crippen LogP contribution in [0.25, 0.3) is 5.78 Å². The number of nitrogens with zero attached hydrogens (tertiary/aromatic N) is 4. The van der Waals surface area contributed by atoms with E-state index >= 15 is 0 Å². The summed E-state index contributed by atoms with van der Waals surface area (Å²) in [6.07, 6.45) is 9.59. The Morgan fingerprint density at radius 3 is 3.00 bits per heavy atom. The summed E-state index contributed by atoms with van der Waals surface area (Å²) in [7, 11) is 0. The number of amides is 1. The third-order valence-corrected chi connectivity index (χ3v) is 4.22. The van der Waals surface area contributed by atoms with E-state index in [1.54, 1.807) is 4.52 Å². The zero-order chi connectivity index (χ0) is 16.2. The highest BCUT2D eigenvalue weighted by Crippen LogP contribution is 2.19. The lowest BCUT2D eigenvalue weighted by Crippen LogP contribution is -2.26. The number of carbonyl (C=O) groups is 1. The van der Waals surface area contributed by atoms with Crippen molar-refractivity contribution in [3.8, 4) is 0 Å². The van der Waals surface area contributed by atoms with Crippen LogP contribution >= 0.6 is 0 Å². The van der Waals surface area contributed by atoms with E-state index in [-0.39, 0.29) is 11.8 Å². The van der Waals surface area contributed by atoms with E-state index in [0.29, 0.717) is 18.0 Å². The summed E-state index contributed by atoms with van der Waals surface area (Å²) >= 11 is 0. The first-order valence-electron chi connectivity index (χ1n) is 8.32. The van der Waals surface area contributed by atoms with Crippen LogP contribution in [0.15, 0.2) is 24.0 Å². The number of fused-ring (bicyclic) bond motifs is 1. The van der Waals surface area contributed by atoms with Gasteiger partial charge in [0.05, 0.1) is 5.69 Å². The Labute approximate surface area is 136 Å². The maximum absolute atomic E-state index is 12.4. The zero-order valence-corrected chi connectivity index (χ0v) is 13.7. The molecule has 0 saturated heterocycles. The first kappa shape index (κ1) is 15.6. The number of rotatable bonds is 5. The van der Waals surface area contributed by atoms with Gasteiger partial charge in [-0.05, 0) is 44.1 Å². The van der Waals surface area contributed by atoms with Gasteiger partial charge in [-0.15, -0.1) is 0 Å². The number of nitrogens with one attached hydrogen (secondary N) is 1. The number of hydrogen-bond donors (Lipinski definition) is 1. The van der Waals surface area contributed by atoms with Gasteiger partial charge in [0.1, 0.15) is 12.0 Å². The van der Waals surface area contributed by atoms with Crippen molar-refractivity contribution in [1.82, 2.24) is 24.9 Å². The molecule has 122 valence electrons. The Kier molecular flexibility index (Phi) is 4.69. The van der Waals surface area contributed by atoms with E-state index in [2.05, 4.69) is 40.3 Å². The fourth-order valence-corrected chi connectivity index (χ4v) is 2.92. The maximum Gasteiger partial charge on any atom is 0.270 e. The van der Waals surface area contributed by atoms with Crippen LogP contribution in [-0.2, 0) is 0 Å². The topological polar surface area (TPSA) is 72.2 Å². The quantitative estimate of drug-likeness (QED) is 0.862. The smallest absolute Gasteiger partial charge is 0.270 e. The van der Waals surface area contributed by atoms with Crippen molar-refractivity contribution in [1.29, 1.82) is 0 Å². The van der Waals surface area contributed by atoms with E-state index < -0.39 is 0 Å². The Hall–Kier alpha value is -2.24. The second-order valence-corrected chi connectivity index (χ2v) is 6.31. The predicted octanol–water partition coefficient (Wildman–Crippen LogP) is 2.87. The van der Waals surface area contributed by atoms with Gasteiger partial charge in [0.25, 0.3) is 11.7 Å². The largest absolute Gasteiger partial charge is 0.350 e. The second kappa shape index (κ2) is 6.89. The van der Waals surface area contributed by atoms with Crippen molar-refractivity contribution >= 4 is 11.7 Å². The van der Waals surface area contributed by atoms with Crippen molar-refractivity contribution in [3.05, 3.63) is 35.4 Å². The highest BCUT2D eigenvalue weighted by Gasteiger charge is 2.15. The number of aromatic nitrogens is 4. The SMILES string of the molecule is CC(C)c1cc(C(=O)NCCC2=CCCCC2)nc2ncnn12. The van der Waals surface area contributed by atoms with Crippen LogP contribution in [0.4, 0.5) is 0 Å². The van der Waals surface area contributed by atoms with Gasteiger partial charge in [-0.2, -0.15) is 10.1 Å². The summed E-state index contributed by atoms with van der Waals surface area (Å²) < 4.78 is 1.69. The summed E-state index contributed by atoms with van der Waals surface area (Å²) in [5, 5.41) is 7.14. The third kappa shape index (κ3) is 3.57. The predicted molar refractivity (Wildman–Crippen MR) is 88.4 cm³/mol. The summed E-state index contributed by atoms with van der Waals surface area (Å²) in [5.74, 6) is 0.561. The molecule has 1 amide bonds. The first-order chi connectivity index (χ1) is 11.1. The van der Waals surface area contributed by atoms with Gasteiger partial charge in [0.15, 0.2) is 0 Å². The molecule has 2 aromatic heterocycles. The van der Waals surface area contributed by atoms with Crippen LogP contribution in [0.3, 0.4) is 0 Å². The molecule has 6 nitrogen and oxygen atoms in total. The van der Waals surface area contributed by atoms with Crippen molar-refractivity contribution in [2.75, 3.05) is 6.54 Å². The minimum Gasteiger partial charge on any atom is -0.350 e. The molecule has 0 spiro atoms. The Bertz CT molecular complexity index is 732. The van der Waals surface area contributed by atoms with Crippen LogP contribution < -0.4 is 5.32 Å². The number of hydrogen-bond acceptors (Lipinski definition) is 4. The van der Waals surface area contributed by atoms with Crippen LogP contribution in [0, 0.1) is 0 Å². The van der Waals surface area contributed by atoms with E-state index in [4.69, 9.17) is 0 Å². The minimum absolute atomic E-state index is 0.145. The van der Waals surface area contributed by atoms with E-state index in [0.717, 1.165) is 18.5 Å². The average Bonchev–Trinajstić information content (AvgIpc) is 3.03. The molecule has 0 bridgehead atoms. The highest BCUT2D eigenvalue weighted by atomic mass is 16.1. The van der Waals surface area contributed by atoms with Gasteiger partial charge in [-0.3, -0.25) is 4.79 Å². The molecule has 3 rings (SSSR count). The van der Waals surface area contributed by atoms with E-state index in [1.165, 1.54) is 31.2 Å². The lowest BCUT2D eigenvalue weighted by molar-refractivity contribution is 0.0949. The molecule has 0 radical (unpaired) electrons. The average molecular weight is 313 g/mol. The molecule has 2 heterocycles. The Morgan fingerprint density at radius 2 is 2.26 bits per heavy atom. The molecule has 1 aliphatic rings. The van der Waals surface area contributed by atoms with E-state index in [1.807, 2.05) is 6.07 Å². The summed E-state index contributed by atoms with van der Waals surface area (Å²) in [6.45, 7) is 4.78. The van der Waals surface area contributed by atoms with Crippen LogP contribution in [0.5, 0.6) is 0 Å². The molecule has 0 aromatic carbocycles. The minimum atomic E-state index is -0.145. The van der Waals surface area contributed by atoms with E-state index in [9.17, 15) is 4.79 Å². The maximum atomic E-state index is 12.4.